The van der Waals surface area contributed by atoms with Crippen molar-refractivity contribution in [2.24, 2.45) is 17.4 Å². The molecule has 0 saturated carbocycles. The number of aromatic hydroxyl groups is 1. The number of hydrogen-bond donors (Lipinski definition) is 16. The van der Waals surface area contributed by atoms with Crippen LogP contribution in [0.4, 0.5) is 8.78 Å². The van der Waals surface area contributed by atoms with Crippen molar-refractivity contribution in [1.29, 1.82) is 0 Å². The maximum atomic E-state index is 15.7. The normalized spacial score (nSPS) is 24.1. The van der Waals surface area contributed by atoms with Gasteiger partial charge in [-0.3, -0.25) is 81.5 Å². The number of fused-ring (bicyclic) bond motifs is 3. The number of amides is 15. The number of thioether (sulfide) groups is 1. The average molecular weight is 1880 g/mol. The molecule has 15 amide bonds. The van der Waals surface area contributed by atoms with Crippen LogP contribution in [-0.4, -0.2) is 307 Å². The Labute approximate surface area is 775 Å². The minimum atomic E-state index is -2.05. The number of aliphatic carboxylic acids is 2. The fourth-order valence-electron chi connectivity index (χ4n) is 16.1. The molecule has 18 N–H and O–H groups in total. The molecular formula is C92H117F2N17O22S. The van der Waals surface area contributed by atoms with Crippen molar-refractivity contribution in [2.75, 3.05) is 72.0 Å². The Morgan fingerprint density at radius 3 is 1.75 bits per heavy atom. The second-order valence-corrected chi connectivity index (χ2v) is 34.7. The van der Waals surface area contributed by atoms with Gasteiger partial charge in [0.1, 0.15) is 84.3 Å². The SMILES string of the molecule is CCCC[C@H]1C(=O)N2C[C@H](O)C[C@@H]2C(=O)N[C@@H](CC(=O)O)C(=O)N[C@@H](C(C)C)C(=O)N(C)[C@@H](Cc2ccccc2)C(=O)N[C@@H](CCC(=O)O)C(=O)N2CCOC[C@@H]2C(=O)N[C@@H](Cc2c[nH]c3ccccc23)C(=O)N[C@@H](Cc2ccc(O)cc2)C(=O)N[C@@H](CCCN)C(=O)N[C@H](C(=O)NCC(N)=O)CSCC(=O)N[C@@H](Cc2ccc(F)c(F)c2)C(=O)N(C)[C@@H](Cc2ccccc2)C(=O)N1C. The van der Waals surface area contributed by atoms with E-state index in [0.717, 1.165) is 42.7 Å². The first-order valence-electron chi connectivity index (χ1n) is 44.1. The molecule has 0 spiro atoms. The van der Waals surface area contributed by atoms with Crippen molar-refractivity contribution in [2.45, 2.75) is 195 Å². The summed E-state index contributed by atoms with van der Waals surface area (Å²) in [7, 11) is 3.67. The smallest absolute Gasteiger partial charge is 0.305 e. The number of phenolic OH excluding ortho intramolecular Hbond substituents is 1. The maximum absolute atomic E-state index is 15.7. The second kappa shape index (κ2) is 49.8. The molecular weight excluding hydrogens is 1770 g/mol. The number of hydrogen-bond acceptors (Lipinski definition) is 22. The number of rotatable bonds is 25. The molecule has 0 aliphatic carbocycles. The zero-order valence-electron chi connectivity index (χ0n) is 75.1. The van der Waals surface area contributed by atoms with Crippen LogP contribution in [0, 0.1) is 17.6 Å². The van der Waals surface area contributed by atoms with Crippen molar-refractivity contribution in [3.8, 4) is 5.75 Å². The Balaban J connectivity index is 1.14. The topological polar surface area (TPSA) is 573 Å². The summed E-state index contributed by atoms with van der Waals surface area (Å²) in [6, 6.07) is 9.30. The third-order valence-electron chi connectivity index (χ3n) is 23.5. The molecule has 3 aliphatic heterocycles. The number of carboxylic acids is 2. The average Bonchev–Trinajstić information content (AvgIpc) is 1.44. The number of aliphatic hydroxyl groups excluding tert-OH is 1. The first-order chi connectivity index (χ1) is 63.8. The van der Waals surface area contributed by atoms with E-state index >= 15 is 47.5 Å². The molecule has 5 aromatic carbocycles. The lowest BCUT2D eigenvalue weighted by atomic mass is 9.98. The monoisotopic (exact) mass is 1880 g/mol. The molecule has 1 aromatic heterocycles. The largest absolute Gasteiger partial charge is 0.508 e. The number of morpholine rings is 1. The number of halogens is 2. The Morgan fingerprint density at radius 2 is 1.11 bits per heavy atom. The molecule has 0 radical (unpaired) electrons. The molecule has 134 heavy (non-hydrogen) atoms. The standard InChI is InChI=1S/C92H117F2N17O22S/c1-7-8-25-70-91(131)111-47-58(113)43-72(111)86(126)104-67(44-78(118)119)84(124)106-79(51(2)3)92(132)108(5)71(40-52-18-11-9-12-19-52)85(125)101-64(32-33-77(116)117)89(129)110-35-36-133-48-74(110)87(127)103-66(42-56-45-97-62-23-16-15-22-59(56)62)83(123)102-65(38-54-26-29-57(112)30-27-54)82(122)100-63(24-17-34-95)81(121)105-69(80(120)98-46-75(96)114)49-134-50-76(115)99-68(39-55-28-31-60(93)61(94)37-55)88(128)109(6)73(90(130)107(70)4)41-53-20-13-10-14-21-53/h9-16,18-23,26-31,37,45,51,58,63-74,79,97,112-113H,7-8,17,24-25,32-36,38-44,46-50,95H2,1-6H3,(H2,96,114)(H,98,120)(H,99,115)(H,100,122)(H,101,125)(H,102,123)(H,103,127)(H,104,126)(H,105,121)(H,106,124)(H,116,117)(H,118,119)/t58-,63+,64+,65+,66+,67+,68+,69+,70+,71+,72-,73+,74-,79+/m1/s1. The summed E-state index contributed by atoms with van der Waals surface area (Å²) in [6.45, 7) is 2.20. The Bertz CT molecular complexity index is 5200. The van der Waals surface area contributed by atoms with Crippen molar-refractivity contribution < 1.29 is 115 Å². The Hall–Kier alpha value is -13.5. The summed E-state index contributed by atoms with van der Waals surface area (Å²) in [5, 5.41) is 66.1. The number of ether oxygens (including phenoxy) is 1. The van der Waals surface area contributed by atoms with Crippen LogP contribution in [0.15, 0.2) is 134 Å². The predicted octanol–water partition coefficient (Wildman–Crippen LogP) is -0.514. The number of aliphatic hydroxyl groups is 1. The second-order valence-electron chi connectivity index (χ2n) is 33.7. The number of primary amides is 1. The van der Waals surface area contributed by atoms with E-state index in [-0.39, 0.29) is 76.0 Å². The van der Waals surface area contributed by atoms with E-state index in [9.17, 15) is 63.2 Å². The van der Waals surface area contributed by atoms with E-state index in [1.54, 1.807) is 98.0 Å². The van der Waals surface area contributed by atoms with Gasteiger partial charge in [-0.1, -0.05) is 131 Å². The van der Waals surface area contributed by atoms with E-state index in [1.807, 2.05) is 0 Å². The number of carbonyl (C=O) groups excluding carboxylic acids is 15. The minimum Gasteiger partial charge on any atom is -0.508 e. The molecule has 3 aliphatic rings. The lowest BCUT2D eigenvalue weighted by Crippen LogP contribution is -2.64. The highest BCUT2D eigenvalue weighted by Gasteiger charge is 2.48. The molecule has 14 atom stereocenters. The number of nitrogens with two attached hydrogens (primary N) is 2. The van der Waals surface area contributed by atoms with Crippen molar-refractivity contribution in [1.82, 2.24) is 77.3 Å². The number of H-pyrrole nitrogens is 1. The van der Waals surface area contributed by atoms with Crippen LogP contribution in [0.25, 0.3) is 10.9 Å². The first-order valence-corrected chi connectivity index (χ1v) is 45.2. The third kappa shape index (κ3) is 29.3. The summed E-state index contributed by atoms with van der Waals surface area (Å²) in [5.41, 5.74) is 13.7. The number of benzene rings is 5. The molecule has 722 valence electrons. The molecule has 3 saturated heterocycles. The van der Waals surface area contributed by atoms with Gasteiger partial charge in [0, 0.05) is 102 Å². The Kier molecular flexibility index (Phi) is 38.8. The van der Waals surface area contributed by atoms with Gasteiger partial charge in [0.05, 0.1) is 38.0 Å². The number of unbranched alkanes of at least 4 members (excludes halogenated alkanes) is 1. The third-order valence-corrected chi connectivity index (χ3v) is 24.5. The van der Waals surface area contributed by atoms with Crippen molar-refractivity contribution in [3.05, 3.63) is 173 Å². The number of phenols is 1. The summed E-state index contributed by atoms with van der Waals surface area (Å²) >= 11 is 0.688. The molecule has 3 fully saturated rings. The molecule has 6 aromatic rings. The number of carbonyl (C=O) groups is 17. The van der Waals surface area contributed by atoms with E-state index in [1.165, 1.54) is 59.3 Å². The molecule has 0 unspecified atom stereocenters. The van der Waals surface area contributed by atoms with Crippen LogP contribution in [0.5, 0.6) is 5.75 Å². The number of aromatic amines is 1. The van der Waals surface area contributed by atoms with Gasteiger partial charge in [-0.2, -0.15) is 0 Å². The van der Waals surface area contributed by atoms with Crippen LogP contribution in [0.2, 0.25) is 0 Å². The highest BCUT2D eigenvalue weighted by Crippen LogP contribution is 2.28. The highest BCUT2D eigenvalue weighted by molar-refractivity contribution is 8.00. The minimum absolute atomic E-state index is 0.0214. The maximum Gasteiger partial charge on any atom is 0.305 e. The number of nitrogens with one attached hydrogen (secondary N) is 10. The van der Waals surface area contributed by atoms with Crippen LogP contribution >= 0.6 is 11.8 Å². The van der Waals surface area contributed by atoms with Crippen molar-refractivity contribution in [3.63, 3.8) is 0 Å². The number of carboxylic acid groups (broad SMARTS) is 2. The lowest BCUT2D eigenvalue weighted by molar-refractivity contribution is -0.152. The van der Waals surface area contributed by atoms with Gasteiger partial charge in [-0.15, -0.1) is 11.8 Å². The fourth-order valence-corrected chi connectivity index (χ4v) is 16.9. The first kappa shape index (κ1) is 104. The van der Waals surface area contributed by atoms with Gasteiger partial charge in [0.2, 0.25) is 88.6 Å². The quantitative estimate of drug-likeness (QED) is 0.0343. The number of para-hydroxylation sites is 1. The fraction of sp³-hybridized carbons (Fsp3) is 0.467. The van der Waals surface area contributed by atoms with Crippen LogP contribution in [0.3, 0.4) is 0 Å². The summed E-state index contributed by atoms with van der Waals surface area (Å²) in [4.78, 5) is 258. The molecule has 39 nitrogen and oxygen atoms in total. The summed E-state index contributed by atoms with van der Waals surface area (Å²) < 4.78 is 35.6. The zero-order chi connectivity index (χ0) is 97.7. The van der Waals surface area contributed by atoms with Gasteiger partial charge in [0.25, 0.3) is 0 Å². The van der Waals surface area contributed by atoms with E-state index in [2.05, 4.69) is 52.8 Å². The van der Waals surface area contributed by atoms with Gasteiger partial charge in [-0.05, 0) is 96.3 Å². The molecule has 0 bridgehead atoms. The number of likely N-dealkylation sites (N-methyl/N-ethyl adjacent to an activating group) is 3. The van der Waals surface area contributed by atoms with E-state index < -0.39 is 272 Å². The van der Waals surface area contributed by atoms with E-state index in [0.29, 0.717) is 51.3 Å². The number of nitrogens with zero attached hydrogens (tertiary/aromatic N) is 5. The van der Waals surface area contributed by atoms with Crippen molar-refractivity contribution >= 4 is 123 Å². The molecule has 9 rings (SSSR count). The van der Waals surface area contributed by atoms with Gasteiger partial charge >= 0.3 is 11.9 Å². The van der Waals surface area contributed by atoms with Crippen LogP contribution < -0.4 is 59.3 Å². The van der Waals surface area contributed by atoms with Gasteiger partial charge in [-0.25, -0.2) is 8.78 Å². The molecule has 42 heteroatoms. The van der Waals surface area contributed by atoms with Crippen LogP contribution in [-0.2, 0) is 118 Å². The summed E-state index contributed by atoms with van der Waals surface area (Å²) in [6.07, 6.45) is -4.52. The molecule has 4 heterocycles. The lowest BCUT2D eigenvalue weighted by Gasteiger charge is -2.38. The number of aromatic nitrogens is 1. The Morgan fingerprint density at radius 1 is 0.545 bits per heavy atom. The van der Waals surface area contributed by atoms with E-state index in [4.69, 9.17) is 16.2 Å². The van der Waals surface area contributed by atoms with Gasteiger partial charge in [0.15, 0.2) is 11.6 Å². The van der Waals surface area contributed by atoms with Gasteiger partial charge < -0.3 is 114 Å². The highest BCUT2D eigenvalue weighted by atomic mass is 32.2. The van der Waals surface area contributed by atoms with Crippen LogP contribution in [0.1, 0.15) is 106 Å². The summed E-state index contributed by atoms with van der Waals surface area (Å²) in [5.74, 6) is -23.5. The predicted molar refractivity (Wildman–Crippen MR) is 483 cm³/mol. The zero-order valence-corrected chi connectivity index (χ0v) is 75.9.